The number of nitro benzene ring substituents is 1. The fourth-order valence-corrected chi connectivity index (χ4v) is 3.75. The number of amides is 2. The number of nitro groups is 1. The second-order valence-electron chi connectivity index (χ2n) is 6.06. The highest BCUT2D eigenvalue weighted by molar-refractivity contribution is 8.26. The van der Waals surface area contributed by atoms with Crippen LogP contribution in [-0.2, 0) is 4.79 Å². The van der Waals surface area contributed by atoms with Crippen molar-refractivity contribution in [1.29, 1.82) is 0 Å². The standard InChI is InChI=1S/C20H15N3O4S2/c1-13(11-14-5-3-2-4-6-14)12-17-19(25)22(20(28)29-17)21-18(24)15-7-9-16(10-8-15)23(26)27/h2-12H,1H3,(H,21,24)/b13-11-,17-12-. The number of nitrogens with zero attached hydrogens (tertiary/aromatic N) is 2. The molecule has 3 rings (SSSR count). The van der Waals surface area contributed by atoms with Gasteiger partial charge in [0.25, 0.3) is 17.5 Å². The van der Waals surface area contributed by atoms with Crippen molar-refractivity contribution in [2.75, 3.05) is 0 Å². The maximum absolute atomic E-state index is 12.6. The third-order valence-corrected chi connectivity index (χ3v) is 5.20. The van der Waals surface area contributed by atoms with Crippen LogP contribution in [0.25, 0.3) is 6.08 Å². The molecule has 1 heterocycles. The van der Waals surface area contributed by atoms with Gasteiger partial charge in [0.15, 0.2) is 4.32 Å². The maximum atomic E-state index is 12.6. The summed E-state index contributed by atoms with van der Waals surface area (Å²) in [5.41, 5.74) is 4.36. The first-order valence-corrected chi connectivity index (χ1v) is 9.64. The molecule has 0 aromatic heterocycles. The first-order chi connectivity index (χ1) is 13.8. The van der Waals surface area contributed by atoms with Crippen LogP contribution in [0.5, 0.6) is 0 Å². The van der Waals surface area contributed by atoms with Crippen LogP contribution in [0, 0.1) is 10.1 Å². The summed E-state index contributed by atoms with van der Waals surface area (Å²) in [6, 6.07) is 14.7. The van der Waals surface area contributed by atoms with Gasteiger partial charge in [-0.3, -0.25) is 25.1 Å². The molecule has 1 aliphatic rings. The Kier molecular flexibility index (Phi) is 6.20. The molecule has 2 aromatic carbocycles. The number of hydrogen-bond acceptors (Lipinski definition) is 6. The molecule has 0 radical (unpaired) electrons. The predicted molar refractivity (Wildman–Crippen MR) is 116 cm³/mol. The molecule has 2 amide bonds. The highest BCUT2D eigenvalue weighted by Gasteiger charge is 2.33. The summed E-state index contributed by atoms with van der Waals surface area (Å²) in [7, 11) is 0. The number of benzene rings is 2. The van der Waals surface area contributed by atoms with Crippen LogP contribution in [-0.4, -0.2) is 26.1 Å². The van der Waals surface area contributed by atoms with E-state index in [2.05, 4.69) is 5.43 Å². The van der Waals surface area contributed by atoms with Crippen LogP contribution in [0.1, 0.15) is 22.8 Å². The fraction of sp³-hybridized carbons (Fsp3) is 0.0500. The Bertz CT molecular complexity index is 1050. The minimum Gasteiger partial charge on any atom is -0.267 e. The van der Waals surface area contributed by atoms with Gasteiger partial charge in [-0.2, -0.15) is 5.01 Å². The molecule has 0 spiro atoms. The van der Waals surface area contributed by atoms with Gasteiger partial charge < -0.3 is 0 Å². The van der Waals surface area contributed by atoms with Crippen LogP contribution in [0.15, 0.2) is 71.2 Å². The zero-order valence-electron chi connectivity index (χ0n) is 15.2. The Hall–Kier alpha value is -3.30. The minimum absolute atomic E-state index is 0.129. The van der Waals surface area contributed by atoms with Crippen LogP contribution in [0.4, 0.5) is 5.69 Å². The molecule has 0 aliphatic carbocycles. The lowest BCUT2D eigenvalue weighted by Gasteiger charge is -2.15. The summed E-state index contributed by atoms with van der Waals surface area (Å²) >= 11 is 6.29. The van der Waals surface area contributed by atoms with E-state index in [9.17, 15) is 19.7 Å². The lowest BCUT2D eigenvalue weighted by molar-refractivity contribution is -0.384. The number of hydrazine groups is 1. The molecule has 29 heavy (non-hydrogen) atoms. The SMILES string of the molecule is CC(=C/c1ccccc1)/C=C1\SC(=S)N(NC(=O)c2ccc([N+](=O)[O-])cc2)C1=O. The van der Waals surface area contributed by atoms with Gasteiger partial charge in [0.1, 0.15) is 0 Å². The summed E-state index contributed by atoms with van der Waals surface area (Å²) in [5, 5.41) is 11.7. The normalized spacial score (nSPS) is 15.7. The molecule has 1 saturated heterocycles. The van der Waals surface area contributed by atoms with Crippen molar-refractivity contribution in [3.8, 4) is 0 Å². The Labute approximate surface area is 176 Å². The lowest BCUT2D eigenvalue weighted by atomic mass is 10.1. The van der Waals surface area contributed by atoms with E-state index in [4.69, 9.17) is 12.2 Å². The highest BCUT2D eigenvalue weighted by Crippen LogP contribution is 2.31. The molecule has 0 saturated carbocycles. The molecule has 7 nitrogen and oxygen atoms in total. The van der Waals surface area contributed by atoms with E-state index in [0.717, 1.165) is 27.9 Å². The molecule has 0 bridgehead atoms. The Morgan fingerprint density at radius 2 is 1.83 bits per heavy atom. The minimum atomic E-state index is -0.589. The van der Waals surface area contributed by atoms with Crippen LogP contribution < -0.4 is 5.43 Å². The van der Waals surface area contributed by atoms with E-state index in [1.807, 2.05) is 43.3 Å². The second-order valence-corrected chi connectivity index (χ2v) is 7.74. The first kappa shape index (κ1) is 20.4. The Morgan fingerprint density at radius 3 is 2.45 bits per heavy atom. The number of thiocarbonyl (C=S) groups is 1. The van der Waals surface area contributed by atoms with Crippen molar-refractivity contribution >= 4 is 51.9 Å². The predicted octanol–water partition coefficient (Wildman–Crippen LogP) is 4.09. The molecule has 1 fully saturated rings. The van der Waals surface area contributed by atoms with Gasteiger partial charge in [0.2, 0.25) is 0 Å². The number of carbonyl (C=O) groups is 2. The molecular weight excluding hydrogens is 410 g/mol. The van der Waals surface area contributed by atoms with Gasteiger partial charge in [-0.15, -0.1) is 0 Å². The number of nitrogens with one attached hydrogen (secondary N) is 1. The molecule has 0 atom stereocenters. The van der Waals surface area contributed by atoms with E-state index < -0.39 is 16.7 Å². The lowest BCUT2D eigenvalue weighted by Crippen LogP contribution is -2.44. The first-order valence-electron chi connectivity index (χ1n) is 8.42. The molecule has 1 aliphatic heterocycles. The van der Waals surface area contributed by atoms with E-state index in [1.54, 1.807) is 6.08 Å². The topological polar surface area (TPSA) is 92.6 Å². The molecule has 9 heteroatoms. The van der Waals surface area contributed by atoms with Crippen molar-refractivity contribution in [1.82, 2.24) is 10.4 Å². The van der Waals surface area contributed by atoms with Crippen LogP contribution >= 0.6 is 24.0 Å². The third-order valence-electron chi connectivity index (χ3n) is 3.90. The van der Waals surface area contributed by atoms with Gasteiger partial charge in [0.05, 0.1) is 9.83 Å². The number of non-ortho nitro benzene ring substituents is 1. The summed E-state index contributed by atoms with van der Waals surface area (Å²) in [6.07, 6.45) is 3.65. The molecule has 1 N–H and O–H groups in total. The molecule has 2 aromatic rings. The van der Waals surface area contributed by atoms with Gasteiger partial charge in [-0.05, 0) is 48.5 Å². The fourth-order valence-electron chi connectivity index (χ4n) is 2.53. The number of thioether (sulfide) groups is 1. The highest BCUT2D eigenvalue weighted by atomic mass is 32.2. The Morgan fingerprint density at radius 1 is 1.17 bits per heavy atom. The van der Waals surface area contributed by atoms with Crippen LogP contribution in [0.2, 0.25) is 0 Å². The second kappa shape index (κ2) is 8.80. The zero-order valence-corrected chi connectivity index (χ0v) is 16.8. The average Bonchev–Trinajstić information content (AvgIpc) is 2.96. The van der Waals surface area contributed by atoms with Gasteiger partial charge in [-0.1, -0.05) is 48.2 Å². The maximum Gasteiger partial charge on any atom is 0.285 e. The van der Waals surface area contributed by atoms with Gasteiger partial charge >= 0.3 is 0 Å². The number of carbonyl (C=O) groups excluding carboxylic acids is 2. The van der Waals surface area contributed by atoms with Crippen molar-refractivity contribution < 1.29 is 14.5 Å². The van der Waals surface area contributed by atoms with Crippen molar-refractivity contribution in [3.05, 3.63) is 92.4 Å². The third kappa shape index (κ3) is 4.95. The van der Waals surface area contributed by atoms with Crippen molar-refractivity contribution in [3.63, 3.8) is 0 Å². The molecule has 146 valence electrons. The quantitative estimate of drug-likeness (QED) is 0.336. The monoisotopic (exact) mass is 425 g/mol. The Balaban J connectivity index is 1.72. The molecular formula is C20H15N3O4S2. The van der Waals surface area contributed by atoms with Crippen molar-refractivity contribution in [2.24, 2.45) is 0 Å². The number of hydrogen-bond donors (Lipinski definition) is 1. The van der Waals surface area contributed by atoms with E-state index >= 15 is 0 Å². The summed E-state index contributed by atoms with van der Waals surface area (Å²) < 4.78 is 0.198. The van der Waals surface area contributed by atoms with Gasteiger partial charge in [0, 0.05) is 17.7 Å². The number of allylic oxidation sites excluding steroid dienone is 2. The molecule has 0 unspecified atom stereocenters. The smallest absolute Gasteiger partial charge is 0.267 e. The zero-order chi connectivity index (χ0) is 21.0. The summed E-state index contributed by atoms with van der Waals surface area (Å²) in [6.45, 7) is 1.87. The van der Waals surface area contributed by atoms with E-state index in [-0.39, 0.29) is 15.6 Å². The largest absolute Gasteiger partial charge is 0.285 e. The van der Waals surface area contributed by atoms with Crippen LogP contribution in [0.3, 0.4) is 0 Å². The average molecular weight is 425 g/mol. The van der Waals surface area contributed by atoms with E-state index in [1.165, 1.54) is 24.3 Å². The van der Waals surface area contributed by atoms with Gasteiger partial charge in [-0.25, -0.2) is 0 Å². The summed E-state index contributed by atoms with van der Waals surface area (Å²) in [5.74, 6) is -1.02. The number of rotatable bonds is 5. The summed E-state index contributed by atoms with van der Waals surface area (Å²) in [4.78, 5) is 35.5. The van der Waals surface area contributed by atoms with E-state index in [0.29, 0.717) is 4.91 Å². The van der Waals surface area contributed by atoms with Crippen molar-refractivity contribution in [2.45, 2.75) is 6.92 Å².